The number of carbonyl (C=O) groups excluding carboxylic acids is 1. The minimum Gasteiger partial charge on any atom is -0.399 e. The van der Waals surface area contributed by atoms with Gasteiger partial charge in [0, 0.05) is 30.2 Å². The molecule has 3 N–H and O–H groups in total. The van der Waals surface area contributed by atoms with Crippen molar-refractivity contribution in [3.63, 3.8) is 0 Å². The summed E-state index contributed by atoms with van der Waals surface area (Å²) in [6.07, 6.45) is 3.69. The maximum absolute atomic E-state index is 12.0. The number of nitrogens with zero attached hydrogens (tertiary/aromatic N) is 2. The summed E-state index contributed by atoms with van der Waals surface area (Å²) in [4.78, 5) is 16.3. The Morgan fingerprint density at radius 3 is 2.73 bits per heavy atom. The molecule has 1 aromatic heterocycles. The van der Waals surface area contributed by atoms with Crippen LogP contribution in [-0.4, -0.2) is 15.5 Å². The van der Waals surface area contributed by atoms with Crippen molar-refractivity contribution in [2.45, 2.75) is 26.9 Å². The number of halogens is 2. The molecule has 7 heteroatoms. The fourth-order valence-corrected chi connectivity index (χ4v) is 2.01. The van der Waals surface area contributed by atoms with E-state index < -0.39 is 0 Å². The van der Waals surface area contributed by atoms with Gasteiger partial charge in [0.2, 0.25) is 0 Å². The van der Waals surface area contributed by atoms with Gasteiger partial charge in [0.15, 0.2) is 0 Å². The van der Waals surface area contributed by atoms with E-state index in [0.29, 0.717) is 23.7 Å². The Hall–Kier alpha value is -1.72. The Morgan fingerprint density at radius 2 is 2.09 bits per heavy atom. The van der Waals surface area contributed by atoms with Crippen molar-refractivity contribution < 1.29 is 4.79 Å². The lowest BCUT2D eigenvalue weighted by Crippen LogP contribution is -2.25. The molecule has 0 radical (unpaired) electrons. The molecule has 0 aliphatic carbocycles. The predicted molar refractivity (Wildman–Crippen MR) is 93.6 cm³/mol. The molecule has 0 bridgehead atoms. The fraction of sp³-hybridized carbons (Fsp3) is 0.333. The molecule has 0 saturated carbocycles. The van der Waals surface area contributed by atoms with Gasteiger partial charge < -0.3 is 15.6 Å². The lowest BCUT2D eigenvalue weighted by atomic mass is 10.2. The second-order valence-electron chi connectivity index (χ2n) is 5.20. The molecule has 2 aromatic rings. The first-order valence-electron chi connectivity index (χ1n) is 6.70. The van der Waals surface area contributed by atoms with Gasteiger partial charge in [-0.2, -0.15) is 0 Å². The number of nitrogens with two attached hydrogens (primary N) is 1. The molecule has 0 aliphatic rings. The lowest BCUT2D eigenvalue weighted by molar-refractivity contribution is 0.0949. The van der Waals surface area contributed by atoms with Crippen LogP contribution in [0.5, 0.6) is 0 Å². The Balaban J connectivity index is 0.00000220. The molecular formula is C15H22Cl2N4O. The number of nitrogens with one attached hydrogen (secondary N) is 1. The Labute approximate surface area is 143 Å². The van der Waals surface area contributed by atoms with E-state index in [9.17, 15) is 4.79 Å². The van der Waals surface area contributed by atoms with Crippen LogP contribution >= 0.6 is 24.8 Å². The third-order valence-corrected chi connectivity index (χ3v) is 2.92. The van der Waals surface area contributed by atoms with Gasteiger partial charge in [-0.1, -0.05) is 19.9 Å². The SMILES string of the molecule is CC(C)Cn1ccnc1CNC(=O)c1cccc(N)c1.Cl.Cl. The second kappa shape index (κ2) is 9.33. The highest BCUT2D eigenvalue weighted by Gasteiger charge is 2.08. The number of nitrogen functional groups attached to an aromatic ring is 1. The van der Waals surface area contributed by atoms with Gasteiger partial charge in [-0.05, 0) is 24.1 Å². The highest BCUT2D eigenvalue weighted by Crippen LogP contribution is 2.07. The molecule has 122 valence electrons. The van der Waals surface area contributed by atoms with E-state index in [2.05, 4.69) is 28.7 Å². The number of hydrogen-bond donors (Lipinski definition) is 2. The van der Waals surface area contributed by atoms with E-state index in [0.717, 1.165) is 12.4 Å². The zero-order valence-electron chi connectivity index (χ0n) is 12.7. The van der Waals surface area contributed by atoms with Gasteiger partial charge in [-0.15, -0.1) is 24.8 Å². The number of aromatic nitrogens is 2. The van der Waals surface area contributed by atoms with E-state index in [1.54, 1.807) is 30.5 Å². The summed E-state index contributed by atoms with van der Waals surface area (Å²) in [5.74, 6) is 1.25. The number of hydrogen-bond acceptors (Lipinski definition) is 3. The van der Waals surface area contributed by atoms with E-state index in [-0.39, 0.29) is 30.7 Å². The number of benzene rings is 1. The Morgan fingerprint density at radius 1 is 1.36 bits per heavy atom. The molecule has 1 heterocycles. The number of amides is 1. The molecule has 1 amide bonds. The smallest absolute Gasteiger partial charge is 0.251 e. The number of imidazole rings is 1. The summed E-state index contributed by atoms with van der Waals surface area (Å²) in [5.41, 5.74) is 6.81. The van der Waals surface area contributed by atoms with Gasteiger partial charge in [0.1, 0.15) is 5.82 Å². The monoisotopic (exact) mass is 344 g/mol. The molecular weight excluding hydrogens is 323 g/mol. The van der Waals surface area contributed by atoms with Crippen molar-refractivity contribution in [3.05, 3.63) is 48.0 Å². The highest BCUT2D eigenvalue weighted by atomic mass is 35.5. The van der Waals surface area contributed by atoms with Crippen LogP contribution in [0.2, 0.25) is 0 Å². The van der Waals surface area contributed by atoms with Crippen LogP contribution in [0.25, 0.3) is 0 Å². The summed E-state index contributed by atoms with van der Waals surface area (Å²) in [6.45, 7) is 5.60. The fourth-order valence-electron chi connectivity index (χ4n) is 2.01. The van der Waals surface area contributed by atoms with Gasteiger partial charge in [0.25, 0.3) is 5.91 Å². The van der Waals surface area contributed by atoms with Crippen molar-refractivity contribution in [1.82, 2.24) is 14.9 Å². The molecule has 2 rings (SSSR count). The molecule has 0 unspecified atom stereocenters. The van der Waals surface area contributed by atoms with Crippen molar-refractivity contribution in [2.75, 3.05) is 5.73 Å². The van der Waals surface area contributed by atoms with Crippen LogP contribution in [0.15, 0.2) is 36.7 Å². The average Bonchev–Trinajstić information content (AvgIpc) is 2.82. The number of anilines is 1. The first-order chi connectivity index (χ1) is 9.56. The number of rotatable bonds is 5. The van der Waals surface area contributed by atoms with Crippen LogP contribution in [-0.2, 0) is 13.1 Å². The minimum atomic E-state index is -0.142. The van der Waals surface area contributed by atoms with E-state index in [4.69, 9.17) is 5.73 Å². The summed E-state index contributed by atoms with van der Waals surface area (Å²) in [5, 5.41) is 2.86. The quantitative estimate of drug-likeness (QED) is 0.819. The van der Waals surface area contributed by atoms with Gasteiger partial charge in [-0.25, -0.2) is 4.98 Å². The van der Waals surface area contributed by atoms with Gasteiger partial charge >= 0.3 is 0 Å². The standard InChI is InChI=1S/C15H20N4O.2ClH/c1-11(2)10-19-7-6-17-14(19)9-18-15(20)12-4-3-5-13(16)8-12;;/h3-8,11H,9-10,16H2,1-2H3,(H,18,20);2*1H. The van der Waals surface area contributed by atoms with E-state index in [1.807, 2.05) is 6.20 Å². The van der Waals surface area contributed by atoms with Crippen LogP contribution in [0.1, 0.15) is 30.0 Å². The zero-order valence-corrected chi connectivity index (χ0v) is 14.3. The van der Waals surface area contributed by atoms with E-state index >= 15 is 0 Å². The molecule has 1 aromatic carbocycles. The summed E-state index contributed by atoms with van der Waals surface area (Å²) in [7, 11) is 0. The molecule has 0 spiro atoms. The average molecular weight is 345 g/mol. The first-order valence-corrected chi connectivity index (χ1v) is 6.70. The second-order valence-corrected chi connectivity index (χ2v) is 5.20. The maximum atomic E-state index is 12.0. The third-order valence-electron chi connectivity index (χ3n) is 2.92. The normalized spacial score (nSPS) is 9.77. The first kappa shape index (κ1) is 20.3. The molecule has 0 saturated heterocycles. The molecule has 0 fully saturated rings. The van der Waals surface area contributed by atoms with Crippen molar-refractivity contribution in [3.8, 4) is 0 Å². The topological polar surface area (TPSA) is 72.9 Å². The predicted octanol–water partition coefficient (Wildman–Crippen LogP) is 2.89. The van der Waals surface area contributed by atoms with Gasteiger partial charge in [0.05, 0.1) is 6.54 Å². The van der Waals surface area contributed by atoms with E-state index in [1.165, 1.54) is 0 Å². The molecule has 22 heavy (non-hydrogen) atoms. The third kappa shape index (κ3) is 5.58. The molecule has 5 nitrogen and oxygen atoms in total. The maximum Gasteiger partial charge on any atom is 0.251 e. The van der Waals surface area contributed by atoms with Crippen molar-refractivity contribution in [1.29, 1.82) is 0 Å². The molecule has 0 atom stereocenters. The Bertz CT molecular complexity index is 599. The summed E-state index contributed by atoms with van der Waals surface area (Å²) < 4.78 is 2.06. The van der Waals surface area contributed by atoms with Crippen LogP contribution < -0.4 is 11.1 Å². The largest absolute Gasteiger partial charge is 0.399 e. The lowest BCUT2D eigenvalue weighted by Gasteiger charge is -2.11. The van der Waals surface area contributed by atoms with Gasteiger partial charge in [-0.3, -0.25) is 4.79 Å². The van der Waals surface area contributed by atoms with Crippen LogP contribution in [0, 0.1) is 5.92 Å². The zero-order chi connectivity index (χ0) is 14.5. The highest BCUT2D eigenvalue weighted by molar-refractivity contribution is 5.94. The van der Waals surface area contributed by atoms with Crippen molar-refractivity contribution in [2.24, 2.45) is 5.92 Å². The summed E-state index contributed by atoms with van der Waals surface area (Å²) in [6, 6.07) is 6.93. The van der Waals surface area contributed by atoms with Crippen molar-refractivity contribution >= 4 is 36.4 Å². The van der Waals surface area contributed by atoms with Crippen LogP contribution in [0.3, 0.4) is 0 Å². The Kier molecular flexibility index (Phi) is 8.60. The number of carbonyl (C=O) groups is 1. The molecule has 0 aliphatic heterocycles. The summed E-state index contributed by atoms with van der Waals surface area (Å²) >= 11 is 0. The minimum absolute atomic E-state index is 0. The van der Waals surface area contributed by atoms with Crippen LogP contribution in [0.4, 0.5) is 5.69 Å².